The van der Waals surface area contributed by atoms with Gasteiger partial charge in [0.15, 0.2) is 0 Å². The maximum Gasteiger partial charge on any atom is 0.321 e. The summed E-state index contributed by atoms with van der Waals surface area (Å²) in [6, 6.07) is 5.02. The van der Waals surface area contributed by atoms with E-state index in [1.807, 2.05) is 19.0 Å². The fraction of sp³-hybridized carbons (Fsp3) is 0.364. The minimum absolute atomic E-state index is 0.0428. The molecule has 7 heteroatoms. The molecular formula is C11H16N2O4S. The summed E-state index contributed by atoms with van der Waals surface area (Å²) >= 11 is 0. The fourth-order valence-electron chi connectivity index (χ4n) is 1.27. The van der Waals surface area contributed by atoms with Gasteiger partial charge in [0.2, 0.25) is 10.0 Å². The Bertz CT molecular complexity index is 522. The van der Waals surface area contributed by atoms with Gasteiger partial charge in [-0.2, -0.15) is 4.72 Å². The van der Waals surface area contributed by atoms with E-state index in [0.717, 1.165) is 5.69 Å². The van der Waals surface area contributed by atoms with Crippen LogP contribution in [0.5, 0.6) is 0 Å². The van der Waals surface area contributed by atoms with Gasteiger partial charge in [0.1, 0.15) is 6.04 Å². The van der Waals surface area contributed by atoms with Crippen LogP contribution in [-0.2, 0) is 14.8 Å². The van der Waals surface area contributed by atoms with Crippen molar-refractivity contribution in [1.29, 1.82) is 0 Å². The smallest absolute Gasteiger partial charge is 0.321 e. The summed E-state index contributed by atoms with van der Waals surface area (Å²) in [7, 11) is -0.113. The van der Waals surface area contributed by atoms with Gasteiger partial charge in [0, 0.05) is 19.8 Å². The van der Waals surface area contributed by atoms with Gasteiger partial charge in [0.05, 0.1) is 4.90 Å². The molecule has 0 saturated carbocycles. The molecule has 0 aliphatic heterocycles. The number of hydrogen-bond donors (Lipinski definition) is 2. The molecule has 2 N–H and O–H groups in total. The third-order valence-electron chi connectivity index (χ3n) is 2.37. The van der Waals surface area contributed by atoms with E-state index in [1.54, 1.807) is 12.1 Å². The van der Waals surface area contributed by atoms with E-state index in [9.17, 15) is 13.2 Å². The van der Waals surface area contributed by atoms with Crippen LogP contribution in [0.1, 0.15) is 6.92 Å². The Hall–Kier alpha value is -1.60. The number of benzene rings is 1. The number of carboxylic acid groups (broad SMARTS) is 1. The van der Waals surface area contributed by atoms with Crippen LogP contribution >= 0.6 is 0 Å². The first-order chi connectivity index (χ1) is 8.24. The largest absolute Gasteiger partial charge is 0.480 e. The zero-order valence-electron chi connectivity index (χ0n) is 10.4. The van der Waals surface area contributed by atoms with Crippen molar-refractivity contribution >= 4 is 21.7 Å². The Morgan fingerprint density at radius 2 is 1.78 bits per heavy atom. The maximum absolute atomic E-state index is 11.8. The van der Waals surface area contributed by atoms with Crippen molar-refractivity contribution < 1.29 is 18.3 Å². The second kappa shape index (κ2) is 5.36. The van der Waals surface area contributed by atoms with Crippen molar-refractivity contribution in [2.24, 2.45) is 0 Å². The molecule has 18 heavy (non-hydrogen) atoms. The molecule has 0 saturated heterocycles. The summed E-state index contributed by atoms with van der Waals surface area (Å²) in [5, 5.41) is 8.68. The van der Waals surface area contributed by atoms with E-state index >= 15 is 0 Å². The van der Waals surface area contributed by atoms with E-state index in [4.69, 9.17) is 5.11 Å². The molecule has 1 atom stereocenters. The molecule has 0 fully saturated rings. The van der Waals surface area contributed by atoms with Crippen molar-refractivity contribution in [3.05, 3.63) is 24.3 Å². The molecule has 1 aromatic carbocycles. The lowest BCUT2D eigenvalue weighted by Crippen LogP contribution is -2.38. The standard InChI is InChI=1S/C11H16N2O4S/c1-8(11(14)15)12-18(16,17)10-6-4-9(5-7-10)13(2)3/h4-8,12H,1-3H3,(H,14,15)/t8-/m1/s1. The van der Waals surface area contributed by atoms with Gasteiger partial charge in [-0.05, 0) is 31.2 Å². The molecule has 0 aromatic heterocycles. The molecule has 100 valence electrons. The van der Waals surface area contributed by atoms with Crippen LogP contribution in [0.4, 0.5) is 5.69 Å². The Kier molecular flexibility index (Phi) is 4.31. The van der Waals surface area contributed by atoms with E-state index in [2.05, 4.69) is 4.72 Å². The summed E-state index contributed by atoms with van der Waals surface area (Å²) in [5.41, 5.74) is 0.861. The number of nitrogens with zero attached hydrogens (tertiary/aromatic N) is 1. The first-order valence-electron chi connectivity index (χ1n) is 5.26. The van der Waals surface area contributed by atoms with E-state index in [-0.39, 0.29) is 4.90 Å². The van der Waals surface area contributed by atoms with Crippen molar-refractivity contribution in [2.45, 2.75) is 17.9 Å². The third-order valence-corrected chi connectivity index (χ3v) is 3.92. The van der Waals surface area contributed by atoms with Gasteiger partial charge in [0.25, 0.3) is 0 Å². The Labute approximate surface area is 106 Å². The average molecular weight is 272 g/mol. The van der Waals surface area contributed by atoms with Crippen LogP contribution in [0.15, 0.2) is 29.2 Å². The summed E-state index contributed by atoms with van der Waals surface area (Å²) in [6.45, 7) is 1.27. The molecule has 0 aliphatic rings. The van der Waals surface area contributed by atoms with Crippen LogP contribution in [0, 0.1) is 0 Å². The molecule has 0 aliphatic carbocycles. The van der Waals surface area contributed by atoms with Gasteiger partial charge >= 0.3 is 5.97 Å². The van der Waals surface area contributed by atoms with Gasteiger partial charge in [-0.1, -0.05) is 0 Å². The highest BCUT2D eigenvalue weighted by Gasteiger charge is 2.21. The lowest BCUT2D eigenvalue weighted by atomic mass is 10.3. The molecule has 0 spiro atoms. The highest BCUT2D eigenvalue weighted by atomic mass is 32.2. The number of carbonyl (C=O) groups is 1. The predicted molar refractivity (Wildman–Crippen MR) is 68.2 cm³/mol. The Morgan fingerprint density at radius 3 is 2.17 bits per heavy atom. The Balaban J connectivity index is 2.95. The summed E-state index contributed by atoms with van der Waals surface area (Å²) in [4.78, 5) is 12.5. The van der Waals surface area contributed by atoms with E-state index in [0.29, 0.717) is 0 Å². The van der Waals surface area contributed by atoms with Gasteiger partial charge in [-0.25, -0.2) is 8.42 Å². The lowest BCUT2D eigenvalue weighted by molar-refractivity contribution is -0.138. The zero-order chi connectivity index (χ0) is 13.9. The zero-order valence-corrected chi connectivity index (χ0v) is 11.2. The van der Waals surface area contributed by atoms with Crippen molar-refractivity contribution in [1.82, 2.24) is 4.72 Å². The Morgan fingerprint density at radius 1 is 1.28 bits per heavy atom. The molecule has 0 heterocycles. The van der Waals surface area contributed by atoms with E-state index in [1.165, 1.54) is 19.1 Å². The predicted octanol–water partition coefficient (Wildman–Crippen LogP) is 0.504. The monoisotopic (exact) mass is 272 g/mol. The normalized spacial score (nSPS) is 13.1. The van der Waals surface area contributed by atoms with Crippen LogP contribution in [0.3, 0.4) is 0 Å². The highest BCUT2D eigenvalue weighted by Crippen LogP contribution is 2.16. The molecule has 0 unspecified atom stereocenters. The molecule has 0 amide bonds. The van der Waals surface area contributed by atoms with Crippen LogP contribution < -0.4 is 9.62 Å². The van der Waals surface area contributed by atoms with Crippen LogP contribution in [-0.4, -0.2) is 39.6 Å². The highest BCUT2D eigenvalue weighted by molar-refractivity contribution is 7.89. The topological polar surface area (TPSA) is 86.7 Å². The molecular weight excluding hydrogens is 256 g/mol. The van der Waals surface area contributed by atoms with Gasteiger partial charge < -0.3 is 10.0 Å². The average Bonchev–Trinajstić information content (AvgIpc) is 2.28. The minimum Gasteiger partial charge on any atom is -0.480 e. The van der Waals surface area contributed by atoms with Gasteiger partial charge in [-0.15, -0.1) is 0 Å². The quantitative estimate of drug-likeness (QED) is 0.815. The summed E-state index contributed by atoms with van der Waals surface area (Å²) < 4.78 is 25.8. The first-order valence-corrected chi connectivity index (χ1v) is 6.75. The number of rotatable bonds is 5. The molecule has 1 rings (SSSR count). The first kappa shape index (κ1) is 14.5. The number of nitrogens with one attached hydrogen (secondary N) is 1. The summed E-state index contributed by atoms with van der Waals surface area (Å²) in [5.74, 6) is -1.22. The van der Waals surface area contributed by atoms with Gasteiger partial charge in [-0.3, -0.25) is 4.79 Å². The number of anilines is 1. The second-order valence-electron chi connectivity index (χ2n) is 4.07. The van der Waals surface area contributed by atoms with Crippen LogP contribution in [0.25, 0.3) is 0 Å². The lowest BCUT2D eigenvalue weighted by Gasteiger charge is -2.14. The van der Waals surface area contributed by atoms with Crippen molar-refractivity contribution in [3.8, 4) is 0 Å². The van der Waals surface area contributed by atoms with Crippen molar-refractivity contribution in [2.75, 3.05) is 19.0 Å². The molecule has 0 radical (unpaired) electrons. The molecule has 6 nitrogen and oxygen atoms in total. The number of hydrogen-bond acceptors (Lipinski definition) is 4. The SMILES string of the molecule is C[C@@H](NS(=O)(=O)c1ccc(N(C)C)cc1)C(=O)O. The molecule has 0 bridgehead atoms. The fourth-order valence-corrected chi connectivity index (χ4v) is 2.47. The summed E-state index contributed by atoms with van der Waals surface area (Å²) in [6.07, 6.45) is 0. The minimum atomic E-state index is -3.80. The molecule has 1 aromatic rings. The maximum atomic E-state index is 11.8. The third kappa shape index (κ3) is 3.44. The van der Waals surface area contributed by atoms with Crippen molar-refractivity contribution in [3.63, 3.8) is 0 Å². The number of sulfonamides is 1. The van der Waals surface area contributed by atoms with E-state index < -0.39 is 22.0 Å². The number of aliphatic carboxylic acids is 1. The van der Waals surface area contributed by atoms with Crippen LogP contribution in [0.2, 0.25) is 0 Å². The number of carboxylic acids is 1. The second-order valence-corrected chi connectivity index (χ2v) is 5.78.